The molecule has 2 aliphatic heterocycles. The molecule has 3 aromatic carbocycles. The van der Waals surface area contributed by atoms with Crippen molar-refractivity contribution in [1.29, 1.82) is 0 Å². The van der Waals surface area contributed by atoms with Crippen molar-refractivity contribution in [1.82, 2.24) is 19.6 Å². The summed E-state index contributed by atoms with van der Waals surface area (Å²) in [5.41, 5.74) is 0.816. The first-order valence-electron chi connectivity index (χ1n) is 15.3. The Hall–Kier alpha value is -4.27. The molecule has 1 atom stereocenters. The van der Waals surface area contributed by atoms with Crippen LogP contribution in [0.2, 0.25) is 5.02 Å². The molecule has 2 aliphatic rings. The van der Waals surface area contributed by atoms with E-state index < -0.39 is 33.7 Å². The third-order valence-corrected chi connectivity index (χ3v) is 10.8. The Balaban J connectivity index is 1.23. The predicted octanol–water partition coefficient (Wildman–Crippen LogP) is 5.75. The van der Waals surface area contributed by atoms with Crippen LogP contribution in [0.25, 0.3) is 11.3 Å². The van der Waals surface area contributed by atoms with Crippen LogP contribution in [0.3, 0.4) is 0 Å². The molecule has 0 aliphatic carbocycles. The first-order chi connectivity index (χ1) is 22.9. The lowest BCUT2D eigenvalue weighted by molar-refractivity contribution is -0.137. The number of alkyl halides is 3. The maximum absolute atomic E-state index is 14.4. The summed E-state index contributed by atoms with van der Waals surface area (Å²) < 4.78 is 82.2. The van der Waals surface area contributed by atoms with Gasteiger partial charge in [-0.2, -0.15) is 17.5 Å². The lowest BCUT2D eigenvalue weighted by atomic mass is 10.1. The molecule has 1 N–H and O–H groups in total. The second kappa shape index (κ2) is 13.7. The van der Waals surface area contributed by atoms with Gasteiger partial charge in [0.15, 0.2) is 0 Å². The van der Waals surface area contributed by atoms with Crippen molar-refractivity contribution in [3.63, 3.8) is 0 Å². The van der Waals surface area contributed by atoms with E-state index in [-0.39, 0.29) is 28.8 Å². The van der Waals surface area contributed by atoms with E-state index in [0.717, 1.165) is 16.4 Å². The molecule has 1 amide bonds. The maximum Gasteiger partial charge on any atom is 0.416 e. The Bertz CT molecular complexity index is 1900. The Morgan fingerprint density at radius 1 is 0.896 bits per heavy atom. The summed E-state index contributed by atoms with van der Waals surface area (Å²) >= 11 is 6.18. The van der Waals surface area contributed by atoms with Crippen LogP contribution >= 0.6 is 11.6 Å². The zero-order valence-corrected chi connectivity index (χ0v) is 27.1. The van der Waals surface area contributed by atoms with Gasteiger partial charge in [-0.3, -0.25) is 4.79 Å². The minimum absolute atomic E-state index is 0.0580. The minimum Gasteiger partial charge on any atom is -0.366 e. The zero-order valence-electron chi connectivity index (χ0n) is 25.5. The third-order valence-electron chi connectivity index (χ3n) is 8.40. The fourth-order valence-electron chi connectivity index (χ4n) is 5.91. The van der Waals surface area contributed by atoms with Crippen LogP contribution in [0.4, 0.5) is 29.2 Å². The summed E-state index contributed by atoms with van der Waals surface area (Å²) in [6, 6.07) is 17.7. The number of anilines is 2. The molecule has 15 heteroatoms. The molecule has 3 heterocycles. The standard InChI is InChI=1S/C33H31ClF4N6O3S/c34-25-6-1-4-10-30(25)48(46,47)44-15-5-9-29(44)31(45)39-21-24-20-27(22-11-13-23(14-12-22)33(36,37)38)41-32(40-24)43-18-16-42(17-19-43)28-8-3-2-7-26(28)35/h1-4,6-8,10-14,20,29H,5,9,15-19,21H2,(H,39,45)/t29-/m0/s1. The molecule has 2 saturated heterocycles. The van der Waals surface area contributed by atoms with Gasteiger partial charge < -0.3 is 15.1 Å². The van der Waals surface area contributed by atoms with Gasteiger partial charge in [0.05, 0.1) is 34.2 Å². The van der Waals surface area contributed by atoms with Crippen molar-refractivity contribution < 1.29 is 30.8 Å². The van der Waals surface area contributed by atoms with E-state index in [9.17, 15) is 30.8 Å². The highest BCUT2D eigenvalue weighted by atomic mass is 35.5. The number of para-hydroxylation sites is 1. The van der Waals surface area contributed by atoms with Gasteiger partial charge in [0.2, 0.25) is 21.9 Å². The monoisotopic (exact) mass is 702 g/mol. The van der Waals surface area contributed by atoms with Crippen LogP contribution in [0.1, 0.15) is 24.1 Å². The summed E-state index contributed by atoms with van der Waals surface area (Å²) in [4.78, 5) is 26.5. The van der Waals surface area contributed by atoms with E-state index in [1.165, 1.54) is 30.3 Å². The molecule has 0 saturated carbocycles. The summed E-state index contributed by atoms with van der Waals surface area (Å²) in [6.45, 7) is 1.88. The lowest BCUT2D eigenvalue weighted by Crippen LogP contribution is -2.47. The number of rotatable bonds is 8. The highest BCUT2D eigenvalue weighted by Crippen LogP contribution is 2.32. The van der Waals surface area contributed by atoms with Crippen molar-refractivity contribution in [3.05, 3.63) is 101 Å². The number of benzene rings is 3. The van der Waals surface area contributed by atoms with Gasteiger partial charge in [-0.15, -0.1) is 0 Å². The Morgan fingerprint density at radius 2 is 1.56 bits per heavy atom. The smallest absolute Gasteiger partial charge is 0.366 e. The van der Waals surface area contributed by atoms with Crippen LogP contribution < -0.4 is 15.1 Å². The van der Waals surface area contributed by atoms with Gasteiger partial charge in [-0.25, -0.2) is 22.8 Å². The lowest BCUT2D eigenvalue weighted by Gasteiger charge is -2.36. The highest BCUT2D eigenvalue weighted by molar-refractivity contribution is 7.89. The summed E-state index contributed by atoms with van der Waals surface area (Å²) in [6.07, 6.45) is -3.71. The molecule has 2 fully saturated rings. The normalized spacial score (nSPS) is 17.5. The van der Waals surface area contributed by atoms with Crippen molar-refractivity contribution in [2.24, 2.45) is 0 Å². The SMILES string of the molecule is O=C(NCc1cc(-c2ccc(C(F)(F)F)cc2)nc(N2CCN(c3ccccc3F)CC2)n1)[C@@H]1CCCN1S(=O)(=O)c1ccccc1Cl. The third kappa shape index (κ3) is 7.10. The molecule has 1 aromatic heterocycles. The number of carbonyl (C=O) groups excluding carboxylic acids is 1. The molecule has 0 radical (unpaired) electrons. The zero-order chi connectivity index (χ0) is 34.1. The fourth-order valence-corrected chi connectivity index (χ4v) is 8.07. The van der Waals surface area contributed by atoms with E-state index in [1.807, 2.05) is 9.80 Å². The number of nitrogens with zero attached hydrogens (tertiary/aromatic N) is 5. The van der Waals surface area contributed by atoms with Crippen molar-refractivity contribution in [2.45, 2.75) is 36.5 Å². The Labute approximate surface area is 280 Å². The summed E-state index contributed by atoms with van der Waals surface area (Å²) in [5.74, 6) is -0.545. The molecule has 0 bridgehead atoms. The van der Waals surface area contributed by atoms with Gasteiger partial charge in [0.1, 0.15) is 16.8 Å². The van der Waals surface area contributed by atoms with Crippen molar-refractivity contribution in [2.75, 3.05) is 42.5 Å². The quantitative estimate of drug-likeness (QED) is 0.234. The number of aromatic nitrogens is 2. The van der Waals surface area contributed by atoms with E-state index in [0.29, 0.717) is 67.6 Å². The fraction of sp³-hybridized carbons (Fsp3) is 0.303. The van der Waals surface area contributed by atoms with Gasteiger partial charge in [0.25, 0.3) is 0 Å². The molecule has 252 valence electrons. The van der Waals surface area contributed by atoms with Crippen LogP contribution in [0, 0.1) is 5.82 Å². The van der Waals surface area contributed by atoms with Crippen LogP contribution in [0.5, 0.6) is 0 Å². The maximum atomic E-state index is 14.4. The van der Waals surface area contributed by atoms with Crippen LogP contribution in [-0.4, -0.2) is 67.4 Å². The summed E-state index contributed by atoms with van der Waals surface area (Å²) in [7, 11) is -4.05. The first kappa shape index (κ1) is 33.6. The van der Waals surface area contributed by atoms with Gasteiger partial charge in [-0.1, -0.05) is 48.0 Å². The number of halogens is 5. The number of hydrogen-bond acceptors (Lipinski definition) is 7. The first-order valence-corrected chi connectivity index (χ1v) is 17.1. The van der Waals surface area contributed by atoms with Crippen molar-refractivity contribution >= 4 is 39.2 Å². The molecular weight excluding hydrogens is 672 g/mol. The molecule has 48 heavy (non-hydrogen) atoms. The summed E-state index contributed by atoms with van der Waals surface area (Å²) in [5, 5.41) is 2.85. The Morgan fingerprint density at radius 3 is 2.25 bits per heavy atom. The number of amides is 1. The average Bonchev–Trinajstić information content (AvgIpc) is 3.59. The van der Waals surface area contributed by atoms with E-state index in [2.05, 4.69) is 15.3 Å². The number of hydrogen-bond donors (Lipinski definition) is 1. The molecule has 6 rings (SSSR count). The molecule has 4 aromatic rings. The second-order valence-corrected chi connectivity index (χ2v) is 13.7. The van der Waals surface area contributed by atoms with Crippen LogP contribution in [0.15, 0.2) is 83.8 Å². The number of piperazine rings is 1. The molecular formula is C33H31ClF4N6O3S. The highest BCUT2D eigenvalue weighted by Gasteiger charge is 2.40. The molecule has 0 unspecified atom stereocenters. The van der Waals surface area contributed by atoms with Crippen LogP contribution in [-0.2, 0) is 27.5 Å². The van der Waals surface area contributed by atoms with E-state index in [1.54, 1.807) is 36.4 Å². The molecule has 0 spiro atoms. The second-order valence-electron chi connectivity index (χ2n) is 11.5. The average molecular weight is 703 g/mol. The van der Waals surface area contributed by atoms with Crippen molar-refractivity contribution in [3.8, 4) is 11.3 Å². The Kier molecular flexibility index (Phi) is 9.59. The number of carbonyl (C=O) groups is 1. The predicted molar refractivity (Wildman–Crippen MR) is 174 cm³/mol. The van der Waals surface area contributed by atoms with Gasteiger partial charge in [-0.05, 0) is 55.3 Å². The van der Waals surface area contributed by atoms with E-state index in [4.69, 9.17) is 11.6 Å². The largest absolute Gasteiger partial charge is 0.416 e. The van der Waals surface area contributed by atoms with Gasteiger partial charge in [0, 0.05) is 38.3 Å². The molecule has 9 nitrogen and oxygen atoms in total. The number of nitrogens with one attached hydrogen (secondary N) is 1. The van der Waals surface area contributed by atoms with Gasteiger partial charge >= 0.3 is 6.18 Å². The topological polar surface area (TPSA) is 98.7 Å². The number of sulfonamides is 1. The minimum atomic E-state index is -4.50. The van der Waals surface area contributed by atoms with E-state index >= 15 is 0 Å².